The van der Waals surface area contributed by atoms with Crippen LogP contribution in [0.2, 0.25) is 5.02 Å². The van der Waals surface area contributed by atoms with Crippen LogP contribution >= 0.6 is 11.6 Å². The number of nitrogens with zero attached hydrogens (tertiary/aromatic N) is 4. The van der Waals surface area contributed by atoms with Crippen molar-refractivity contribution in [1.82, 2.24) is 15.1 Å². The van der Waals surface area contributed by atoms with Crippen molar-refractivity contribution in [2.75, 3.05) is 18.0 Å². The lowest BCUT2D eigenvalue weighted by molar-refractivity contribution is 0.451. The molecule has 1 atom stereocenters. The van der Waals surface area contributed by atoms with Crippen molar-refractivity contribution in [1.29, 1.82) is 0 Å². The van der Waals surface area contributed by atoms with E-state index in [-0.39, 0.29) is 0 Å². The van der Waals surface area contributed by atoms with Gasteiger partial charge < -0.3 is 9.42 Å². The Morgan fingerprint density at radius 1 is 1.00 bits per heavy atom. The minimum atomic E-state index is 0.495. The Labute approximate surface area is 161 Å². The summed E-state index contributed by atoms with van der Waals surface area (Å²) in [5.41, 5.74) is 3.56. The number of anilines is 1. The Hall–Kier alpha value is -2.92. The Kier molecular flexibility index (Phi) is 4.02. The molecule has 2 aromatic carbocycles. The van der Waals surface area contributed by atoms with Crippen molar-refractivity contribution in [3.63, 3.8) is 0 Å². The standard InChI is InChI=1S/C21H17ClN4O/c22-17-8-6-15(7-9-17)19-18-20(23-13-24-21(18)27-25-19)26-11-10-16(12-26)14-4-2-1-3-5-14/h1-9,13,16H,10-12H2/t16-/m1/s1. The van der Waals surface area contributed by atoms with E-state index in [1.807, 2.05) is 24.3 Å². The summed E-state index contributed by atoms with van der Waals surface area (Å²) in [6.07, 6.45) is 2.64. The molecule has 6 heteroatoms. The summed E-state index contributed by atoms with van der Waals surface area (Å²) in [5.74, 6) is 1.37. The van der Waals surface area contributed by atoms with E-state index in [2.05, 4.69) is 50.4 Å². The van der Waals surface area contributed by atoms with Crippen LogP contribution in [0.4, 0.5) is 5.82 Å². The van der Waals surface area contributed by atoms with E-state index in [0.717, 1.165) is 42.0 Å². The van der Waals surface area contributed by atoms with Gasteiger partial charge in [-0.05, 0) is 24.1 Å². The SMILES string of the molecule is Clc1ccc(-c2noc3ncnc(N4CC[C@@H](c5ccccc5)C4)c23)cc1. The first-order valence-corrected chi connectivity index (χ1v) is 9.33. The van der Waals surface area contributed by atoms with Crippen LogP contribution in [-0.2, 0) is 0 Å². The molecule has 1 aliphatic rings. The Morgan fingerprint density at radius 3 is 2.63 bits per heavy atom. The van der Waals surface area contributed by atoms with E-state index in [4.69, 9.17) is 16.1 Å². The zero-order valence-electron chi connectivity index (χ0n) is 14.5. The van der Waals surface area contributed by atoms with Gasteiger partial charge in [0.05, 0.1) is 0 Å². The van der Waals surface area contributed by atoms with Gasteiger partial charge in [0, 0.05) is 29.6 Å². The summed E-state index contributed by atoms with van der Waals surface area (Å²) in [5, 5.41) is 5.80. The zero-order valence-corrected chi connectivity index (χ0v) is 15.3. The average molecular weight is 377 g/mol. The first-order chi connectivity index (χ1) is 13.3. The fourth-order valence-corrected chi connectivity index (χ4v) is 3.89. The highest BCUT2D eigenvalue weighted by atomic mass is 35.5. The van der Waals surface area contributed by atoms with Crippen LogP contribution in [0.5, 0.6) is 0 Å². The molecule has 4 aromatic rings. The summed E-state index contributed by atoms with van der Waals surface area (Å²) in [6, 6.07) is 18.2. The third-order valence-corrected chi connectivity index (χ3v) is 5.38. The lowest BCUT2D eigenvalue weighted by Crippen LogP contribution is -2.20. The molecule has 3 heterocycles. The van der Waals surface area contributed by atoms with Crippen molar-refractivity contribution >= 4 is 28.5 Å². The molecule has 0 bridgehead atoms. The molecule has 1 aliphatic heterocycles. The van der Waals surface area contributed by atoms with E-state index < -0.39 is 0 Å². The van der Waals surface area contributed by atoms with Gasteiger partial charge in [-0.2, -0.15) is 4.98 Å². The van der Waals surface area contributed by atoms with Crippen molar-refractivity contribution in [3.05, 3.63) is 71.5 Å². The fourth-order valence-electron chi connectivity index (χ4n) is 3.77. The molecule has 5 rings (SSSR count). The first-order valence-electron chi connectivity index (χ1n) is 8.96. The highest BCUT2D eigenvalue weighted by molar-refractivity contribution is 6.30. The normalized spacial score (nSPS) is 16.9. The Bertz CT molecular complexity index is 1080. The first kappa shape index (κ1) is 16.3. The van der Waals surface area contributed by atoms with Gasteiger partial charge in [-0.25, -0.2) is 4.98 Å². The van der Waals surface area contributed by atoms with Gasteiger partial charge >= 0.3 is 0 Å². The van der Waals surface area contributed by atoms with Crippen LogP contribution in [0.25, 0.3) is 22.4 Å². The van der Waals surface area contributed by atoms with E-state index in [0.29, 0.717) is 16.7 Å². The number of benzene rings is 2. The number of halogens is 1. The molecular formula is C21H17ClN4O. The maximum atomic E-state index is 6.02. The summed E-state index contributed by atoms with van der Waals surface area (Å²) >= 11 is 6.02. The zero-order chi connectivity index (χ0) is 18.2. The molecule has 0 amide bonds. The van der Waals surface area contributed by atoms with Gasteiger partial charge in [0.15, 0.2) is 0 Å². The number of hydrogen-bond acceptors (Lipinski definition) is 5. The molecule has 134 valence electrons. The van der Waals surface area contributed by atoms with Gasteiger partial charge in [0.2, 0.25) is 0 Å². The van der Waals surface area contributed by atoms with Gasteiger partial charge in [0.1, 0.15) is 23.2 Å². The van der Waals surface area contributed by atoms with Gasteiger partial charge in [-0.3, -0.25) is 0 Å². The molecule has 0 N–H and O–H groups in total. The van der Waals surface area contributed by atoms with Crippen LogP contribution in [-0.4, -0.2) is 28.2 Å². The predicted octanol–water partition coefficient (Wildman–Crippen LogP) is 4.93. The van der Waals surface area contributed by atoms with Crippen LogP contribution in [0, 0.1) is 0 Å². The van der Waals surface area contributed by atoms with Gasteiger partial charge in [-0.1, -0.05) is 59.2 Å². The second kappa shape index (κ2) is 6.67. The third kappa shape index (κ3) is 2.94. The van der Waals surface area contributed by atoms with Crippen LogP contribution in [0.15, 0.2) is 65.4 Å². The maximum Gasteiger partial charge on any atom is 0.263 e. The molecule has 1 fully saturated rings. The van der Waals surface area contributed by atoms with Crippen LogP contribution in [0.3, 0.4) is 0 Å². The quantitative estimate of drug-likeness (QED) is 0.507. The molecule has 0 aliphatic carbocycles. The molecule has 0 unspecified atom stereocenters. The van der Waals surface area contributed by atoms with E-state index in [9.17, 15) is 0 Å². The largest absolute Gasteiger partial charge is 0.355 e. The second-order valence-electron chi connectivity index (χ2n) is 6.76. The van der Waals surface area contributed by atoms with E-state index in [1.54, 1.807) is 6.33 Å². The summed E-state index contributed by atoms with van der Waals surface area (Å²) in [6.45, 7) is 1.86. The van der Waals surface area contributed by atoms with Gasteiger partial charge in [-0.15, -0.1) is 0 Å². The number of aromatic nitrogens is 3. The number of fused-ring (bicyclic) bond motifs is 1. The molecule has 0 radical (unpaired) electrons. The van der Waals surface area contributed by atoms with Crippen LogP contribution in [0.1, 0.15) is 17.9 Å². The highest BCUT2D eigenvalue weighted by Crippen LogP contribution is 2.37. The lowest BCUT2D eigenvalue weighted by Gasteiger charge is -2.18. The molecular weight excluding hydrogens is 360 g/mol. The van der Waals surface area contributed by atoms with Crippen molar-refractivity contribution in [2.45, 2.75) is 12.3 Å². The molecule has 27 heavy (non-hydrogen) atoms. The number of hydrogen-bond donors (Lipinski definition) is 0. The second-order valence-corrected chi connectivity index (χ2v) is 7.19. The summed E-state index contributed by atoms with van der Waals surface area (Å²) < 4.78 is 5.48. The van der Waals surface area contributed by atoms with Crippen LogP contribution < -0.4 is 4.90 Å². The lowest BCUT2D eigenvalue weighted by atomic mass is 9.99. The molecule has 5 nitrogen and oxygen atoms in total. The maximum absolute atomic E-state index is 6.02. The van der Waals surface area contributed by atoms with Crippen molar-refractivity contribution in [3.8, 4) is 11.3 Å². The molecule has 2 aromatic heterocycles. The van der Waals surface area contributed by atoms with Gasteiger partial charge in [0.25, 0.3) is 5.71 Å². The minimum Gasteiger partial charge on any atom is -0.355 e. The highest BCUT2D eigenvalue weighted by Gasteiger charge is 2.28. The van der Waals surface area contributed by atoms with Crippen molar-refractivity contribution < 1.29 is 4.52 Å². The monoisotopic (exact) mass is 376 g/mol. The fraction of sp³-hybridized carbons (Fsp3) is 0.190. The molecule has 1 saturated heterocycles. The van der Waals surface area contributed by atoms with Crippen molar-refractivity contribution in [2.24, 2.45) is 0 Å². The molecule has 0 spiro atoms. The topological polar surface area (TPSA) is 55.1 Å². The predicted molar refractivity (Wildman–Crippen MR) is 106 cm³/mol. The minimum absolute atomic E-state index is 0.495. The third-order valence-electron chi connectivity index (χ3n) is 5.13. The molecule has 0 saturated carbocycles. The van der Waals surface area contributed by atoms with E-state index >= 15 is 0 Å². The number of rotatable bonds is 3. The average Bonchev–Trinajstić information content (AvgIpc) is 3.37. The summed E-state index contributed by atoms with van der Waals surface area (Å²) in [4.78, 5) is 11.1. The Balaban J connectivity index is 1.54. The van der Waals surface area contributed by atoms with E-state index in [1.165, 1.54) is 5.56 Å². The Morgan fingerprint density at radius 2 is 1.81 bits per heavy atom. The summed E-state index contributed by atoms with van der Waals surface area (Å²) in [7, 11) is 0. The smallest absolute Gasteiger partial charge is 0.263 e.